The zero-order valence-corrected chi connectivity index (χ0v) is 16.9. The van der Waals surface area contributed by atoms with E-state index >= 15 is 0 Å². The summed E-state index contributed by atoms with van der Waals surface area (Å²) in [6.45, 7) is 0.0965. The van der Waals surface area contributed by atoms with Crippen molar-refractivity contribution in [3.63, 3.8) is 0 Å². The third kappa shape index (κ3) is 4.48. The Morgan fingerprint density at radius 2 is 1.70 bits per heavy atom. The van der Waals surface area contributed by atoms with Crippen LogP contribution in [0.2, 0.25) is 0 Å². The van der Waals surface area contributed by atoms with Crippen LogP contribution in [0, 0.1) is 5.82 Å². The Morgan fingerprint density at radius 1 is 1.00 bits per heavy atom. The first-order valence-electron chi connectivity index (χ1n) is 8.07. The maximum atomic E-state index is 13.6. The summed E-state index contributed by atoms with van der Waals surface area (Å²) in [4.78, 5) is -0.101. The number of halogens is 2. The summed E-state index contributed by atoms with van der Waals surface area (Å²) in [5.74, 6) is 0.0791. The lowest BCUT2D eigenvalue weighted by atomic mass is 10.2. The molecule has 0 fully saturated rings. The lowest BCUT2D eigenvalue weighted by molar-refractivity contribution is 0.414. The minimum Gasteiger partial charge on any atom is -0.497 e. The van der Waals surface area contributed by atoms with Crippen LogP contribution in [0.15, 0.2) is 82.2 Å². The second-order valence-corrected chi connectivity index (χ2v) is 8.57. The molecule has 0 spiro atoms. The SMILES string of the molecule is COc1ccc(CN(c2cccc(Br)c2)S(=O)(=O)c2cccc(F)c2)cc1. The molecular weight excluding hydrogens is 433 g/mol. The summed E-state index contributed by atoms with van der Waals surface area (Å²) in [5.41, 5.74) is 1.25. The first kappa shape index (κ1) is 19.4. The zero-order chi connectivity index (χ0) is 19.4. The van der Waals surface area contributed by atoms with Crippen LogP contribution in [0.5, 0.6) is 5.75 Å². The summed E-state index contributed by atoms with van der Waals surface area (Å²) < 4.78 is 47.3. The number of nitrogens with zero attached hydrogens (tertiary/aromatic N) is 1. The molecule has 0 unspecified atom stereocenters. The van der Waals surface area contributed by atoms with Crippen LogP contribution in [0.3, 0.4) is 0 Å². The molecule has 0 aliphatic carbocycles. The van der Waals surface area contributed by atoms with Gasteiger partial charge in [0.2, 0.25) is 0 Å². The third-order valence-corrected chi connectivity index (χ3v) is 6.23. The summed E-state index contributed by atoms with van der Waals surface area (Å²) in [5, 5.41) is 0. The molecule has 27 heavy (non-hydrogen) atoms. The largest absolute Gasteiger partial charge is 0.497 e. The smallest absolute Gasteiger partial charge is 0.264 e. The number of hydrogen-bond donors (Lipinski definition) is 0. The Labute approximate surface area is 166 Å². The van der Waals surface area contributed by atoms with E-state index in [1.165, 1.54) is 22.5 Å². The highest BCUT2D eigenvalue weighted by Crippen LogP contribution is 2.28. The van der Waals surface area contributed by atoms with Crippen molar-refractivity contribution in [2.45, 2.75) is 11.4 Å². The average Bonchev–Trinajstić information content (AvgIpc) is 2.66. The Balaban J connectivity index is 2.06. The molecule has 3 rings (SSSR count). The lowest BCUT2D eigenvalue weighted by Gasteiger charge is -2.25. The van der Waals surface area contributed by atoms with Crippen LogP contribution >= 0.6 is 15.9 Å². The third-order valence-electron chi connectivity index (χ3n) is 3.97. The molecule has 7 heteroatoms. The fourth-order valence-electron chi connectivity index (χ4n) is 2.60. The van der Waals surface area contributed by atoms with Gasteiger partial charge in [-0.05, 0) is 54.1 Å². The molecule has 0 atom stereocenters. The maximum Gasteiger partial charge on any atom is 0.264 e. The lowest BCUT2D eigenvalue weighted by Crippen LogP contribution is -2.30. The van der Waals surface area contributed by atoms with Crippen molar-refractivity contribution in [1.29, 1.82) is 0 Å². The highest BCUT2D eigenvalue weighted by molar-refractivity contribution is 9.10. The Kier molecular flexibility index (Phi) is 5.82. The molecule has 0 aliphatic heterocycles. The predicted octanol–water partition coefficient (Wildman–Crippen LogP) is 4.99. The van der Waals surface area contributed by atoms with Crippen molar-refractivity contribution >= 4 is 31.6 Å². The molecular formula is C20H17BrFNO3S. The normalized spacial score (nSPS) is 11.2. The van der Waals surface area contributed by atoms with Gasteiger partial charge in [0.1, 0.15) is 11.6 Å². The average molecular weight is 450 g/mol. The maximum absolute atomic E-state index is 13.6. The van der Waals surface area contributed by atoms with Gasteiger partial charge in [0.05, 0.1) is 24.2 Å². The van der Waals surface area contributed by atoms with Gasteiger partial charge in [-0.3, -0.25) is 4.31 Å². The first-order chi connectivity index (χ1) is 12.9. The van der Waals surface area contributed by atoms with Crippen LogP contribution < -0.4 is 9.04 Å². The molecule has 0 saturated carbocycles. The van der Waals surface area contributed by atoms with Crippen molar-refractivity contribution in [3.05, 3.63) is 88.6 Å². The van der Waals surface area contributed by atoms with Gasteiger partial charge in [0.25, 0.3) is 10.0 Å². The van der Waals surface area contributed by atoms with E-state index in [1.54, 1.807) is 49.6 Å². The van der Waals surface area contributed by atoms with E-state index < -0.39 is 15.8 Å². The number of ether oxygens (including phenoxy) is 1. The summed E-state index contributed by atoms with van der Waals surface area (Å²) in [7, 11) is -2.40. The standard InChI is InChI=1S/C20H17BrFNO3S/c1-26-19-10-8-15(9-11-19)14-23(18-6-2-4-16(21)12-18)27(24,25)20-7-3-5-17(22)13-20/h2-13H,14H2,1H3. The minimum atomic E-state index is -3.97. The molecule has 0 bridgehead atoms. The molecule has 0 aliphatic rings. The molecule has 0 aromatic heterocycles. The van der Waals surface area contributed by atoms with E-state index in [2.05, 4.69) is 15.9 Å². The van der Waals surface area contributed by atoms with E-state index in [1.807, 2.05) is 6.07 Å². The molecule has 3 aromatic rings. The molecule has 0 saturated heterocycles. The number of hydrogen-bond acceptors (Lipinski definition) is 3. The molecule has 0 radical (unpaired) electrons. The molecule has 4 nitrogen and oxygen atoms in total. The van der Waals surface area contributed by atoms with Crippen molar-refractivity contribution in [3.8, 4) is 5.75 Å². The van der Waals surface area contributed by atoms with Crippen molar-refractivity contribution < 1.29 is 17.5 Å². The van der Waals surface area contributed by atoms with Crippen molar-refractivity contribution in [2.24, 2.45) is 0 Å². The fraction of sp³-hybridized carbons (Fsp3) is 0.100. The van der Waals surface area contributed by atoms with Gasteiger partial charge in [0, 0.05) is 4.47 Å². The van der Waals surface area contributed by atoms with Gasteiger partial charge in [0.15, 0.2) is 0 Å². The molecule has 0 heterocycles. The van der Waals surface area contributed by atoms with Crippen molar-refractivity contribution in [1.82, 2.24) is 0 Å². The zero-order valence-electron chi connectivity index (χ0n) is 14.5. The van der Waals surface area contributed by atoms with E-state index in [0.717, 1.165) is 16.1 Å². The van der Waals surface area contributed by atoms with E-state index in [4.69, 9.17) is 4.74 Å². The second kappa shape index (κ2) is 8.10. The quantitative estimate of drug-likeness (QED) is 0.532. The van der Waals surface area contributed by atoms with Crippen LogP contribution in [0.25, 0.3) is 0 Å². The molecule has 3 aromatic carbocycles. The number of anilines is 1. The highest BCUT2D eigenvalue weighted by Gasteiger charge is 2.26. The van der Waals surface area contributed by atoms with Gasteiger partial charge >= 0.3 is 0 Å². The first-order valence-corrected chi connectivity index (χ1v) is 10.3. The Hall–Kier alpha value is -2.38. The molecule has 0 N–H and O–H groups in total. The number of benzene rings is 3. The Bertz CT molecular complexity index is 1040. The number of methoxy groups -OCH3 is 1. The van der Waals surface area contributed by atoms with Gasteiger partial charge < -0.3 is 4.74 Å². The van der Waals surface area contributed by atoms with E-state index in [9.17, 15) is 12.8 Å². The van der Waals surface area contributed by atoms with Crippen LogP contribution in [-0.4, -0.2) is 15.5 Å². The summed E-state index contributed by atoms with van der Waals surface area (Å²) in [6.07, 6.45) is 0. The summed E-state index contributed by atoms with van der Waals surface area (Å²) >= 11 is 3.37. The monoisotopic (exact) mass is 449 g/mol. The van der Waals surface area contributed by atoms with Crippen LogP contribution in [0.1, 0.15) is 5.56 Å². The van der Waals surface area contributed by atoms with Gasteiger partial charge in [-0.1, -0.05) is 40.2 Å². The minimum absolute atomic E-state index is 0.0965. The fourth-order valence-corrected chi connectivity index (χ4v) is 4.46. The number of rotatable bonds is 6. The number of sulfonamides is 1. The van der Waals surface area contributed by atoms with Gasteiger partial charge in [-0.2, -0.15) is 0 Å². The van der Waals surface area contributed by atoms with Crippen LogP contribution in [0.4, 0.5) is 10.1 Å². The predicted molar refractivity (Wildman–Crippen MR) is 107 cm³/mol. The van der Waals surface area contributed by atoms with Gasteiger partial charge in [-0.15, -0.1) is 0 Å². The second-order valence-electron chi connectivity index (χ2n) is 5.80. The summed E-state index contributed by atoms with van der Waals surface area (Å²) in [6, 6.07) is 19.1. The van der Waals surface area contributed by atoms with Gasteiger partial charge in [-0.25, -0.2) is 12.8 Å². The molecule has 140 valence electrons. The topological polar surface area (TPSA) is 46.6 Å². The van der Waals surface area contributed by atoms with Crippen LogP contribution in [-0.2, 0) is 16.6 Å². The van der Waals surface area contributed by atoms with E-state index in [0.29, 0.717) is 11.4 Å². The highest BCUT2D eigenvalue weighted by atomic mass is 79.9. The van der Waals surface area contributed by atoms with Crippen molar-refractivity contribution in [2.75, 3.05) is 11.4 Å². The van der Waals surface area contributed by atoms with E-state index in [-0.39, 0.29) is 11.4 Å². The Morgan fingerprint density at radius 3 is 2.33 bits per heavy atom. The molecule has 0 amide bonds.